The number of carbonyl (C=O) groups is 3. The fraction of sp³-hybridized carbons (Fsp3) is 0.167. The molecule has 3 heterocycles. The smallest absolute Gasteiger partial charge is 0.323 e. The van der Waals surface area contributed by atoms with Crippen LogP contribution in [0, 0.1) is 0 Å². The number of fused-ring (bicyclic) bond motifs is 3. The lowest BCUT2D eigenvalue weighted by molar-refractivity contribution is -0.140. The molecule has 4 aromatic carbocycles. The van der Waals surface area contributed by atoms with E-state index >= 15 is 0 Å². The van der Waals surface area contributed by atoms with Crippen LogP contribution in [-0.2, 0) is 20.9 Å². The van der Waals surface area contributed by atoms with Crippen LogP contribution in [-0.4, -0.2) is 54.4 Å². The fourth-order valence-electron chi connectivity index (χ4n) is 7.68. The Morgan fingerprint density at radius 3 is 2.11 bits per heavy atom. The molecule has 5 aromatic rings. The largest absolute Gasteiger partial charge is 0.480 e. The van der Waals surface area contributed by atoms with Crippen molar-refractivity contribution in [2.75, 3.05) is 11.4 Å². The number of carbonyl (C=O) groups excluding carboxylic acids is 1. The number of carboxylic acid groups (broad SMARTS) is 2. The third-order valence-corrected chi connectivity index (χ3v) is 12.7. The van der Waals surface area contributed by atoms with E-state index in [0.717, 1.165) is 91.0 Å². The first-order chi connectivity index (χ1) is 26.2. The van der Waals surface area contributed by atoms with Crippen molar-refractivity contribution in [1.82, 2.24) is 9.47 Å². The second kappa shape index (κ2) is 14.7. The Morgan fingerprint density at radius 2 is 1.46 bits per heavy atom. The predicted molar refractivity (Wildman–Crippen MR) is 217 cm³/mol. The van der Waals surface area contributed by atoms with Crippen LogP contribution in [0.5, 0.6) is 0 Å². The Hall–Kier alpha value is -5.56. The summed E-state index contributed by atoms with van der Waals surface area (Å²) in [4.78, 5) is 53.4. The summed E-state index contributed by atoms with van der Waals surface area (Å²) in [6.45, 7) is -1.28. The van der Waals surface area contributed by atoms with Gasteiger partial charge in [-0.1, -0.05) is 109 Å². The Morgan fingerprint density at radius 1 is 0.815 bits per heavy atom. The van der Waals surface area contributed by atoms with Crippen molar-refractivity contribution in [3.63, 3.8) is 0 Å². The normalized spacial score (nSPS) is 18.9. The van der Waals surface area contributed by atoms with E-state index in [4.69, 9.17) is 12.2 Å². The second-order valence-corrected chi connectivity index (χ2v) is 16.0. The number of carboxylic acids is 2. The van der Waals surface area contributed by atoms with Crippen molar-refractivity contribution < 1.29 is 24.6 Å². The van der Waals surface area contributed by atoms with Crippen LogP contribution in [0.2, 0.25) is 0 Å². The van der Waals surface area contributed by atoms with Gasteiger partial charge in [-0.05, 0) is 82.6 Å². The Bertz CT molecular complexity index is 2500. The molecule has 1 aromatic heterocycles. The first kappa shape index (κ1) is 35.5. The molecule has 0 bridgehead atoms. The van der Waals surface area contributed by atoms with Crippen molar-refractivity contribution >= 4 is 91.5 Å². The van der Waals surface area contributed by atoms with E-state index in [-0.39, 0.29) is 18.4 Å². The molecule has 9 nitrogen and oxygen atoms in total. The highest BCUT2D eigenvalue weighted by molar-refractivity contribution is 8.30. The van der Waals surface area contributed by atoms with Gasteiger partial charge in [0.1, 0.15) is 27.0 Å². The highest BCUT2D eigenvalue weighted by Gasteiger charge is 2.42. The summed E-state index contributed by atoms with van der Waals surface area (Å²) in [5.41, 5.74) is 8.26. The van der Waals surface area contributed by atoms with E-state index in [2.05, 4.69) is 95.9 Å². The molecule has 1 saturated carbocycles. The summed E-state index contributed by atoms with van der Waals surface area (Å²) >= 11 is 7.12. The van der Waals surface area contributed by atoms with Gasteiger partial charge in [-0.3, -0.25) is 28.6 Å². The monoisotopic (exact) mass is 771 g/mol. The molecule has 2 aliphatic heterocycles. The van der Waals surface area contributed by atoms with Crippen LogP contribution in [0.25, 0.3) is 22.6 Å². The lowest BCUT2D eigenvalue weighted by Gasteiger charge is -2.27. The van der Waals surface area contributed by atoms with E-state index in [0.29, 0.717) is 12.0 Å². The van der Waals surface area contributed by atoms with Crippen molar-refractivity contribution in [2.24, 2.45) is 0 Å². The molecule has 2 unspecified atom stereocenters. The number of hydrogen-bond acceptors (Lipinski definition) is 8. The molecule has 3 aliphatic rings. The number of aliphatic carboxylic acids is 2. The first-order valence-corrected chi connectivity index (χ1v) is 19.5. The first-order valence-electron chi connectivity index (χ1n) is 17.4. The SMILES string of the molecule is O=C(O)CN1C(=O)/C(=c2\s/c(=C/c3ccc4c(c3)C3CCCC3N4c3ccc(C=C(c4ccccc4)c4ccccc4)cc3)c(=O)n2CC(=O)O)SC1=S. The van der Waals surface area contributed by atoms with Gasteiger partial charge < -0.3 is 15.1 Å². The zero-order valence-electron chi connectivity index (χ0n) is 28.8. The lowest BCUT2D eigenvalue weighted by Crippen LogP contribution is -2.36. The summed E-state index contributed by atoms with van der Waals surface area (Å²) in [6.07, 6.45) is 7.18. The topological polar surface area (TPSA) is 120 Å². The molecule has 12 heteroatoms. The van der Waals surface area contributed by atoms with Crippen LogP contribution in [0.15, 0.2) is 108 Å². The molecule has 2 atom stereocenters. The summed E-state index contributed by atoms with van der Waals surface area (Å²) < 4.78 is 1.49. The average Bonchev–Trinajstić information content (AvgIpc) is 3.91. The van der Waals surface area contributed by atoms with Crippen molar-refractivity contribution in [2.45, 2.75) is 37.8 Å². The van der Waals surface area contributed by atoms with Gasteiger partial charge in [0.2, 0.25) is 0 Å². The molecule has 54 heavy (non-hydrogen) atoms. The van der Waals surface area contributed by atoms with E-state index in [1.807, 2.05) is 18.2 Å². The van der Waals surface area contributed by atoms with Gasteiger partial charge in [0.25, 0.3) is 11.5 Å². The second-order valence-electron chi connectivity index (χ2n) is 13.4. The summed E-state index contributed by atoms with van der Waals surface area (Å²) in [5, 5.41) is 18.9. The van der Waals surface area contributed by atoms with Gasteiger partial charge in [0.15, 0.2) is 0 Å². The molecule has 1 aliphatic carbocycles. The van der Waals surface area contributed by atoms with E-state index in [9.17, 15) is 29.4 Å². The number of amides is 1. The highest BCUT2D eigenvalue weighted by atomic mass is 32.2. The predicted octanol–water partition coefficient (Wildman–Crippen LogP) is 6.25. The number of aromatic nitrogens is 1. The molecule has 270 valence electrons. The molecular weight excluding hydrogens is 739 g/mol. The number of benzene rings is 4. The number of nitrogens with zero attached hydrogens (tertiary/aromatic N) is 3. The zero-order valence-corrected chi connectivity index (χ0v) is 31.2. The minimum Gasteiger partial charge on any atom is -0.480 e. The lowest BCUT2D eigenvalue weighted by atomic mass is 9.95. The quantitative estimate of drug-likeness (QED) is 0.132. The zero-order chi connectivity index (χ0) is 37.5. The van der Waals surface area contributed by atoms with Crippen LogP contribution in [0.3, 0.4) is 0 Å². The third kappa shape index (κ3) is 6.72. The van der Waals surface area contributed by atoms with Gasteiger partial charge in [0, 0.05) is 23.3 Å². The Kier molecular flexibility index (Phi) is 9.65. The summed E-state index contributed by atoms with van der Waals surface area (Å²) in [5.74, 6) is -2.82. The van der Waals surface area contributed by atoms with Crippen molar-refractivity contribution in [1.29, 1.82) is 0 Å². The number of thioether (sulfide) groups is 1. The van der Waals surface area contributed by atoms with Crippen LogP contribution in [0.4, 0.5) is 11.4 Å². The van der Waals surface area contributed by atoms with Gasteiger partial charge in [-0.25, -0.2) is 0 Å². The standard InChI is InChI=1S/C42H33N3O6S3/c46-36(47)23-43-39(50)35(53-41(43)38-40(51)44(24-37(48)49)42(52)54-38)22-26-16-19-34-32(21-26)30-12-7-13-33(30)45(34)29-17-14-25(15-18-29)20-31(27-8-3-1-4-9-27)28-10-5-2-6-11-28/h1-6,8-11,14-22,30,33H,7,12-13,23-24H2,(H,46,47)(H,48,49)/b35-22+,41-38+. The van der Waals surface area contributed by atoms with Crippen LogP contribution >= 0.6 is 35.3 Å². The van der Waals surface area contributed by atoms with E-state index in [1.165, 1.54) is 5.56 Å². The Balaban J connectivity index is 1.14. The van der Waals surface area contributed by atoms with Gasteiger partial charge >= 0.3 is 11.9 Å². The maximum Gasteiger partial charge on any atom is 0.323 e. The molecule has 8 rings (SSSR count). The van der Waals surface area contributed by atoms with Gasteiger partial charge in [-0.2, -0.15) is 0 Å². The number of anilines is 2. The van der Waals surface area contributed by atoms with E-state index < -0.39 is 36.5 Å². The molecule has 1 amide bonds. The number of thiocarbonyl (C=S) groups is 1. The van der Waals surface area contributed by atoms with Crippen LogP contribution in [0.1, 0.15) is 53.0 Å². The number of rotatable bonds is 9. The maximum absolute atomic E-state index is 13.6. The van der Waals surface area contributed by atoms with Gasteiger partial charge in [-0.15, -0.1) is 11.3 Å². The van der Waals surface area contributed by atoms with Crippen molar-refractivity contribution in [3.05, 3.63) is 150 Å². The molecule has 0 radical (unpaired) electrons. The number of hydrogen-bond donors (Lipinski definition) is 2. The summed E-state index contributed by atoms with van der Waals surface area (Å²) in [6, 6.07) is 36.0. The molecule has 0 spiro atoms. The Labute approximate surface area is 323 Å². The van der Waals surface area contributed by atoms with Crippen molar-refractivity contribution in [3.8, 4) is 0 Å². The molecule has 2 N–H and O–H groups in total. The van der Waals surface area contributed by atoms with Crippen LogP contribution < -0.4 is 19.7 Å². The minimum atomic E-state index is -1.24. The van der Waals surface area contributed by atoms with E-state index in [1.54, 1.807) is 6.08 Å². The molecule has 2 fully saturated rings. The average molecular weight is 772 g/mol. The fourth-order valence-corrected chi connectivity index (χ4v) is 10.2. The third-order valence-electron chi connectivity index (χ3n) is 10.0. The molecule has 1 saturated heterocycles. The minimum absolute atomic E-state index is 0.0372. The molecular formula is C42H33N3O6S3. The number of thiazole rings is 1. The summed E-state index contributed by atoms with van der Waals surface area (Å²) in [7, 11) is 0. The maximum atomic E-state index is 13.6. The highest BCUT2D eigenvalue weighted by Crippen LogP contribution is 2.52. The van der Waals surface area contributed by atoms with Gasteiger partial charge in [0.05, 0.1) is 4.53 Å².